The summed E-state index contributed by atoms with van der Waals surface area (Å²) in [4.78, 5) is 11.2. The van der Waals surface area contributed by atoms with Crippen LogP contribution in [0.5, 0.6) is 0 Å². The SMILES string of the molecule is CCOC(=O)C(C#N)CC(C)CC. The molecule has 0 N–H and O–H groups in total. The maximum Gasteiger partial charge on any atom is 0.323 e. The fourth-order valence-electron chi connectivity index (χ4n) is 1.01. The quantitative estimate of drug-likeness (QED) is 0.613. The Morgan fingerprint density at radius 2 is 2.15 bits per heavy atom. The van der Waals surface area contributed by atoms with E-state index in [9.17, 15) is 4.79 Å². The first-order valence-electron chi connectivity index (χ1n) is 4.71. The van der Waals surface area contributed by atoms with Crippen molar-refractivity contribution in [2.75, 3.05) is 6.61 Å². The van der Waals surface area contributed by atoms with Gasteiger partial charge in [-0.1, -0.05) is 20.3 Å². The molecule has 0 fully saturated rings. The first-order chi connectivity index (χ1) is 6.15. The fraction of sp³-hybridized carbons (Fsp3) is 0.800. The minimum Gasteiger partial charge on any atom is -0.465 e. The normalized spacial score (nSPS) is 14.3. The molecule has 74 valence electrons. The zero-order chi connectivity index (χ0) is 10.3. The number of hydrogen-bond acceptors (Lipinski definition) is 3. The molecule has 0 spiro atoms. The minimum absolute atomic E-state index is 0.345. The molecule has 3 heteroatoms. The first kappa shape index (κ1) is 12.0. The van der Waals surface area contributed by atoms with E-state index in [0.29, 0.717) is 18.9 Å². The summed E-state index contributed by atoms with van der Waals surface area (Å²) in [5, 5.41) is 8.72. The highest BCUT2D eigenvalue weighted by molar-refractivity contribution is 5.75. The number of hydrogen-bond donors (Lipinski definition) is 0. The van der Waals surface area contributed by atoms with Crippen molar-refractivity contribution < 1.29 is 9.53 Å². The molecule has 0 bridgehead atoms. The maximum atomic E-state index is 11.2. The highest BCUT2D eigenvalue weighted by atomic mass is 16.5. The van der Waals surface area contributed by atoms with Crippen molar-refractivity contribution >= 4 is 5.97 Å². The van der Waals surface area contributed by atoms with Gasteiger partial charge in [-0.15, -0.1) is 0 Å². The van der Waals surface area contributed by atoms with Gasteiger partial charge >= 0.3 is 5.97 Å². The molecule has 13 heavy (non-hydrogen) atoms. The maximum absolute atomic E-state index is 11.2. The lowest BCUT2D eigenvalue weighted by Gasteiger charge is -2.12. The van der Waals surface area contributed by atoms with E-state index in [-0.39, 0.29) is 5.97 Å². The largest absolute Gasteiger partial charge is 0.465 e. The van der Waals surface area contributed by atoms with Gasteiger partial charge in [-0.25, -0.2) is 0 Å². The van der Waals surface area contributed by atoms with Gasteiger partial charge in [0.25, 0.3) is 0 Å². The monoisotopic (exact) mass is 183 g/mol. The minimum atomic E-state index is -0.588. The number of ether oxygens (including phenoxy) is 1. The first-order valence-corrected chi connectivity index (χ1v) is 4.71. The zero-order valence-corrected chi connectivity index (χ0v) is 8.54. The molecule has 0 saturated heterocycles. The summed E-state index contributed by atoms with van der Waals surface area (Å²) in [6.07, 6.45) is 1.59. The third-order valence-electron chi connectivity index (χ3n) is 2.06. The number of carbonyl (C=O) groups excluding carboxylic acids is 1. The summed E-state index contributed by atoms with van der Waals surface area (Å²) in [6, 6.07) is 1.98. The number of nitriles is 1. The smallest absolute Gasteiger partial charge is 0.323 e. The molecule has 0 aliphatic carbocycles. The van der Waals surface area contributed by atoms with Crippen LogP contribution in [-0.4, -0.2) is 12.6 Å². The molecule has 2 unspecified atom stereocenters. The van der Waals surface area contributed by atoms with Crippen molar-refractivity contribution in [3.8, 4) is 6.07 Å². The van der Waals surface area contributed by atoms with Crippen LogP contribution < -0.4 is 0 Å². The molecule has 0 amide bonds. The molecule has 0 saturated carbocycles. The fourth-order valence-corrected chi connectivity index (χ4v) is 1.01. The van der Waals surface area contributed by atoms with Gasteiger partial charge in [0.15, 0.2) is 0 Å². The van der Waals surface area contributed by atoms with Crippen molar-refractivity contribution in [3.05, 3.63) is 0 Å². The van der Waals surface area contributed by atoms with Gasteiger partial charge in [0.05, 0.1) is 12.7 Å². The predicted octanol–water partition coefficient (Wildman–Crippen LogP) is 2.13. The number of nitrogens with zero attached hydrogens (tertiary/aromatic N) is 1. The summed E-state index contributed by atoms with van der Waals surface area (Å²) in [7, 11) is 0. The molecule has 0 aromatic carbocycles. The van der Waals surface area contributed by atoms with Crippen molar-refractivity contribution in [2.45, 2.75) is 33.6 Å². The Hall–Kier alpha value is -1.04. The molecular weight excluding hydrogens is 166 g/mol. The number of carbonyl (C=O) groups is 1. The Labute approximate surface area is 79.7 Å². The van der Waals surface area contributed by atoms with E-state index in [1.165, 1.54) is 0 Å². The number of esters is 1. The van der Waals surface area contributed by atoms with E-state index < -0.39 is 5.92 Å². The molecule has 0 aliphatic rings. The van der Waals surface area contributed by atoms with Crippen LogP contribution in [-0.2, 0) is 9.53 Å². The van der Waals surface area contributed by atoms with E-state index in [4.69, 9.17) is 10.00 Å². The molecular formula is C10H17NO2. The summed E-state index contributed by atoms with van der Waals surface area (Å²) in [6.45, 7) is 6.17. The number of rotatable bonds is 5. The van der Waals surface area contributed by atoms with Crippen LogP contribution in [0, 0.1) is 23.2 Å². The average molecular weight is 183 g/mol. The van der Waals surface area contributed by atoms with Gasteiger partial charge < -0.3 is 4.74 Å². The lowest BCUT2D eigenvalue weighted by atomic mass is 9.95. The van der Waals surface area contributed by atoms with Gasteiger partial charge in [0.2, 0.25) is 0 Å². The van der Waals surface area contributed by atoms with Crippen LogP contribution in [0.1, 0.15) is 33.6 Å². The second kappa shape index (κ2) is 6.47. The second-order valence-corrected chi connectivity index (χ2v) is 3.18. The van der Waals surface area contributed by atoms with Gasteiger partial charge in [0.1, 0.15) is 5.92 Å². The van der Waals surface area contributed by atoms with Gasteiger partial charge in [-0.05, 0) is 19.3 Å². The van der Waals surface area contributed by atoms with E-state index in [2.05, 4.69) is 0 Å². The molecule has 0 aromatic heterocycles. The topological polar surface area (TPSA) is 50.1 Å². The van der Waals surface area contributed by atoms with Crippen molar-refractivity contribution in [3.63, 3.8) is 0 Å². The standard InChI is InChI=1S/C10H17NO2/c1-4-8(3)6-9(7-11)10(12)13-5-2/h8-9H,4-6H2,1-3H3. The Bertz CT molecular complexity index is 196. The average Bonchev–Trinajstić information content (AvgIpc) is 2.14. The molecule has 0 aliphatic heterocycles. The highest BCUT2D eigenvalue weighted by Crippen LogP contribution is 2.15. The molecule has 0 heterocycles. The lowest BCUT2D eigenvalue weighted by Crippen LogP contribution is -2.18. The second-order valence-electron chi connectivity index (χ2n) is 3.18. The van der Waals surface area contributed by atoms with Crippen molar-refractivity contribution in [1.29, 1.82) is 5.26 Å². The summed E-state index contributed by atoms with van der Waals surface area (Å²) >= 11 is 0. The summed E-state index contributed by atoms with van der Waals surface area (Å²) in [5.41, 5.74) is 0. The molecule has 3 nitrogen and oxygen atoms in total. The Balaban J connectivity index is 4.04. The third kappa shape index (κ3) is 4.51. The molecule has 2 atom stereocenters. The summed E-state index contributed by atoms with van der Waals surface area (Å²) < 4.78 is 4.78. The van der Waals surface area contributed by atoms with Gasteiger partial charge in [0, 0.05) is 0 Å². The third-order valence-corrected chi connectivity index (χ3v) is 2.06. The van der Waals surface area contributed by atoms with Crippen LogP contribution in [0.3, 0.4) is 0 Å². The lowest BCUT2D eigenvalue weighted by molar-refractivity contribution is -0.146. The Morgan fingerprint density at radius 3 is 2.54 bits per heavy atom. The van der Waals surface area contributed by atoms with Crippen LogP contribution >= 0.6 is 0 Å². The van der Waals surface area contributed by atoms with Crippen LogP contribution in [0.25, 0.3) is 0 Å². The van der Waals surface area contributed by atoms with Crippen LogP contribution in [0.15, 0.2) is 0 Å². The van der Waals surface area contributed by atoms with Gasteiger partial charge in [-0.3, -0.25) is 4.79 Å². The van der Waals surface area contributed by atoms with Gasteiger partial charge in [-0.2, -0.15) is 5.26 Å². The molecule has 0 aromatic rings. The van der Waals surface area contributed by atoms with E-state index in [1.54, 1.807) is 6.92 Å². The summed E-state index contributed by atoms with van der Waals surface area (Å²) in [5.74, 6) is -0.575. The van der Waals surface area contributed by atoms with E-state index in [0.717, 1.165) is 6.42 Å². The van der Waals surface area contributed by atoms with Crippen LogP contribution in [0.2, 0.25) is 0 Å². The molecule has 0 rings (SSSR count). The van der Waals surface area contributed by atoms with Crippen molar-refractivity contribution in [1.82, 2.24) is 0 Å². The highest BCUT2D eigenvalue weighted by Gasteiger charge is 2.20. The van der Waals surface area contributed by atoms with Crippen molar-refractivity contribution in [2.24, 2.45) is 11.8 Å². The predicted molar refractivity (Wildman–Crippen MR) is 49.8 cm³/mol. The van der Waals surface area contributed by atoms with Crippen LogP contribution in [0.4, 0.5) is 0 Å². The Kier molecular flexibility index (Phi) is 5.96. The Morgan fingerprint density at radius 1 is 1.54 bits per heavy atom. The zero-order valence-electron chi connectivity index (χ0n) is 8.54. The van der Waals surface area contributed by atoms with E-state index >= 15 is 0 Å². The molecule has 0 radical (unpaired) electrons. The van der Waals surface area contributed by atoms with E-state index in [1.807, 2.05) is 19.9 Å².